The molecule has 1 aromatic carbocycles. The summed E-state index contributed by atoms with van der Waals surface area (Å²) in [5.74, 6) is 0.795. The van der Waals surface area contributed by atoms with Gasteiger partial charge in [0.2, 0.25) is 0 Å². The number of halogens is 1. The third kappa shape index (κ3) is 2.69. The molecule has 1 saturated heterocycles. The first-order valence-corrected chi connectivity index (χ1v) is 7.51. The maximum atomic E-state index is 6.07. The molecule has 1 aliphatic heterocycles. The monoisotopic (exact) mass is 326 g/mol. The van der Waals surface area contributed by atoms with Crippen molar-refractivity contribution in [3.63, 3.8) is 0 Å². The highest BCUT2D eigenvalue weighted by Crippen LogP contribution is 2.37. The first-order chi connectivity index (χ1) is 8.80. The minimum Gasteiger partial charge on any atom is -0.497 e. The zero-order valence-electron chi connectivity index (χ0n) is 12.1. The Morgan fingerprint density at radius 2 is 1.74 bits per heavy atom. The van der Waals surface area contributed by atoms with Crippen molar-refractivity contribution in [3.05, 3.63) is 23.8 Å². The van der Waals surface area contributed by atoms with Crippen LogP contribution in [0.25, 0.3) is 0 Å². The molecular formula is C14H20BBrO3. The minimum atomic E-state index is -0.390. The van der Waals surface area contributed by atoms with E-state index < -0.39 is 0 Å². The molecule has 0 radical (unpaired) electrons. The molecule has 0 saturated carbocycles. The van der Waals surface area contributed by atoms with Crippen LogP contribution < -0.4 is 10.2 Å². The Labute approximate surface area is 123 Å². The number of hydrogen-bond acceptors (Lipinski definition) is 3. The molecule has 1 fully saturated rings. The molecule has 1 aromatic rings. The lowest BCUT2D eigenvalue weighted by atomic mass is 9.77. The summed E-state index contributed by atoms with van der Waals surface area (Å²) in [6.07, 6.45) is 0. The number of benzene rings is 1. The van der Waals surface area contributed by atoms with Gasteiger partial charge in [-0.2, -0.15) is 0 Å². The van der Waals surface area contributed by atoms with Gasteiger partial charge in [-0.05, 0) is 39.3 Å². The molecule has 0 aromatic heterocycles. The predicted molar refractivity (Wildman–Crippen MR) is 81.3 cm³/mol. The summed E-state index contributed by atoms with van der Waals surface area (Å²) in [5, 5.41) is 0.795. The van der Waals surface area contributed by atoms with E-state index in [0.717, 1.165) is 16.5 Å². The maximum absolute atomic E-state index is 6.07. The van der Waals surface area contributed by atoms with Gasteiger partial charge in [-0.1, -0.05) is 28.1 Å². The Morgan fingerprint density at radius 3 is 2.21 bits per heavy atom. The average Bonchev–Trinajstić information content (AvgIpc) is 2.57. The molecule has 3 nitrogen and oxygen atoms in total. The van der Waals surface area contributed by atoms with Crippen molar-refractivity contribution < 1.29 is 14.0 Å². The zero-order chi connectivity index (χ0) is 14.3. The summed E-state index contributed by atoms with van der Waals surface area (Å²) in [4.78, 5) is 0. The SMILES string of the molecule is COc1ccc(CBr)cc1B1OC(C)(C)C(C)(C)O1. The number of ether oxygens (including phenoxy) is 1. The molecular weight excluding hydrogens is 307 g/mol. The predicted octanol–water partition coefficient (Wildman–Crippen LogP) is 2.89. The Kier molecular flexibility index (Phi) is 4.01. The molecule has 1 heterocycles. The van der Waals surface area contributed by atoms with Crippen molar-refractivity contribution >= 4 is 28.5 Å². The van der Waals surface area contributed by atoms with Gasteiger partial charge in [0, 0.05) is 10.8 Å². The van der Waals surface area contributed by atoms with Gasteiger partial charge in [0.1, 0.15) is 5.75 Å². The largest absolute Gasteiger partial charge is 0.498 e. The van der Waals surface area contributed by atoms with Crippen molar-refractivity contribution in [2.45, 2.75) is 44.2 Å². The topological polar surface area (TPSA) is 27.7 Å². The molecule has 0 atom stereocenters. The van der Waals surface area contributed by atoms with E-state index in [1.165, 1.54) is 5.56 Å². The molecule has 0 aliphatic carbocycles. The standard InChI is InChI=1S/C14H20BBrO3/c1-13(2)14(3,4)19-15(18-13)11-8-10(9-16)6-7-12(11)17-5/h6-8H,9H2,1-5H3. The van der Waals surface area contributed by atoms with Crippen LogP contribution in [0.1, 0.15) is 33.3 Å². The van der Waals surface area contributed by atoms with Crippen LogP contribution in [-0.4, -0.2) is 25.4 Å². The highest BCUT2D eigenvalue weighted by atomic mass is 79.9. The fourth-order valence-corrected chi connectivity index (χ4v) is 2.37. The summed E-state index contributed by atoms with van der Waals surface area (Å²) < 4.78 is 17.6. The van der Waals surface area contributed by atoms with E-state index in [2.05, 4.69) is 22.0 Å². The number of alkyl halides is 1. The lowest BCUT2D eigenvalue weighted by molar-refractivity contribution is 0.00578. The molecule has 19 heavy (non-hydrogen) atoms. The quantitative estimate of drug-likeness (QED) is 0.631. The number of methoxy groups -OCH3 is 1. The summed E-state index contributed by atoms with van der Waals surface area (Å²) >= 11 is 3.47. The van der Waals surface area contributed by atoms with Gasteiger partial charge in [0.15, 0.2) is 0 Å². The Balaban J connectivity index is 2.38. The Bertz CT molecular complexity index is 458. The number of hydrogen-bond donors (Lipinski definition) is 0. The smallest absolute Gasteiger partial charge is 0.497 e. The fraction of sp³-hybridized carbons (Fsp3) is 0.571. The fourth-order valence-electron chi connectivity index (χ4n) is 2.02. The maximum Gasteiger partial charge on any atom is 0.498 e. The molecule has 1 aliphatic rings. The van der Waals surface area contributed by atoms with Gasteiger partial charge >= 0.3 is 7.12 Å². The van der Waals surface area contributed by atoms with E-state index in [1.807, 2.05) is 39.8 Å². The lowest BCUT2D eigenvalue weighted by Crippen LogP contribution is -2.41. The van der Waals surface area contributed by atoms with Gasteiger partial charge in [0.25, 0.3) is 0 Å². The van der Waals surface area contributed by atoms with E-state index in [9.17, 15) is 0 Å². The molecule has 0 bridgehead atoms. The van der Waals surface area contributed by atoms with E-state index >= 15 is 0 Å². The summed E-state index contributed by atoms with van der Waals surface area (Å²) in [7, 11) is 1.27. The van der Waals surface area contributed by atoms with Gasteiger partial charge in [-0.3, -0.25) is 0 Å². The minimum absolute atomic E-state index is 0.340. The van der Waals surface area contributed by atoms with Crippen molar-refractivity contribution in [1.82, 2.24) is 0 Å². The highest BCUT2D eigenvalue weighted by Gasteiger charge is 2.52. The van der Waals surface area contributed by atoms with E-state index in [4.69, 9.17) is 14.0 Å². The summed E-state index contributed by atoms with van der Waals surface area (Å²) in [5.41, 5.74) is 1.43. The van der Waals surface area contributed by atoms with E-state index in [1.54, 1.807) is 7.11 Å². The molecule has 2 rings (SSSR count). The molecule has 0 N–H and O–H groups in total. The first-order valence-electron chi connectivity index (χ1n) is 6.39. The van der Waals surface area contributed by atoms with Crippen LogP contribution in [0.5, 0.6) is 5.75 Å². The van der Waals surface area contributed by atoms with E-state index in [-0.39, 0.29) is 18.3 Å². The lowest BCUT2D eigenvalue weighted by Gasteiger charge is -2.32. The first kappa shape index (κ1) is 14.9. The van der Waals surface area contributed by atoms with Crippen LogP contribution in [0.2, 0.25) is 0 Å². The second kappa shape index (κ2) is 5.11. The summed E-state index contributed by atoms with van der Waals surface area (Å²) in [6.45, 7) is 8.20. The average molecular weight is 327 g/mol. The van der Waals surface area contributed by atoms with Crippen LogP contribution >= 0.6 is 15.9 Å². The van der Waals surface area contributed by atoms with Gasteiger partial charge in [-0.15, -0.1) is 0 Å². The molecule has 104 valence electrons. The van der Waals surface area contributed by atoms with Crippen molar-refractivity contribution in [2.24, 2.45) is 0 Å². The molecule has 0 amide bonds. The van der Waals surface area contributed by atoms with Crippen LogP contribution in [0, 0.1) is 0 Å². The van der Waals surface area contributed by atoms with Crippen LogP contribution in [0.15, 0.2) is 18.2 Å². The normalized spacial score (nSPS) is 20.6. The third-order valence-corrected chi connectivity index (χ3v) is 4.60. The van der Waals surface area contributed by atoms with Crippen molar-refractivity contribution in [3.8, 4) is 5.75 Å². The summed E-state index contributed by atoms with van der Waals surface area (Å²) in [6, 6.07) is 6.05. The third-order valence-electron chi connectivity index (χ3n) is 3.96. The van der Waals surface area contributed by atoms with Crippen molar-refractivity contribution in [2.75, 3.05) is 7.11 Å². The van der Waals surface area contributed by atoms with Gasteiger partial charge in [-0.25, -0.2) is 0 Å². The van der Waals surface area contributed by atoms with Crippen LogP contribution in [0.4, 0.5) is 0 Å². The van der Waals surface area contributed by atoms with E-state index in [0.29, 0.717) is 0 Å². The molecule has 0 unspecified atom stereocenters. The van der Waals surface area contributed by atoms with Crippen LogP contribution in [-0.2, 0) is 14.6 Å². The van der Waals surface area contributed by atoms with Crippen LogP contribution in [0.3, 0.4) is 0 Å². The Hall–Kier alpha value is -0.515. The second-order valence-electron chi connectivity index (χ2n) is 5.80. The van der Waals surface area contributed by atoms with Gasteiger partial charge < -0.3 is 14.0 Å². The zero-order valence-corrected chi connectivity index (χ0v) is 13.7. The Morgan fingerprint density at radius 1 is 1.16 bits per heavy atom. The highest BCUT2D eigenvalue weighted by molar-refractivity contribution is 9.08. The van der Waals surface area contributed by atoms with Crippen molar-refractivity contribution in [1.29, 1.82) is 0 Å². The molecule has 5 heteroatoms. The number of rotatable bonds is 3. The van der Waals surface area contributed by atoms with Gasteiger partial charge in [0.05, 0.1) is 18.3 Å². The molecule has 0 spiro atoms. The second-order valence-corrected chi connectivity index (χ2v) is 6.36.